The zero-order valence-electron chi connectivity index (χ0n) is 25.1. The molecule has 1 saturated heterocycles. The number of carbonyl (C=O) groups is 3. The maximum absolute atomic E-state index is 12.7. The van der Waals surface area contributed by atoms with Crippen LogP contribution in [0, 0.1) is 0 Å². The number of urea groups is 1. The summed E-state index contributed by atoms with van der Waals surface area (Å²) < 4.78 is 0. The van der Waals surface area contributed by atoms with Gasteiger partial charge in [0.25, 0.3) is 0 Å². The highest BCUT2D eigenvalue weighted by Gasteiger charge is 2.33. The lowest BCUT2D eigenvalue weighted by Gasteiger charge is -2.43. The van der Waals surface area contributed by atoms with E-state index in [0.717, 1.165) is 43.3 Å². The van der Waals surface area contributed by atoms with E-state index in [0.29, 0.717) is 13.0 Å². The monoisotopic (exact) mass is 575 g/mol. The average molecular weight is 576 g/mol. The number of carbonyl (C=O) groups excluding carboxylic acids is 3. The van der Waals surface area contributed by atoms with E-state index in [9.17, 15) is 19.5 Å². The van der Waals surface area contributed by atoms with Gasteiger partial charge in [-0.3, -0.25) is 9.59 Å². The van der Waals surface area contributed by atoms with Gasteiger partial charge in [-0.25, -0.2) is 14.8 Å². The van der Waals surface area contributed by atoms with E-state index >= 15 is 0 Å². The average Bonchev–Trinajstić information content (AvgIpc) is 2.99. The van der Waals surface area contributed by atoms with Crippen LogP contribution in [-0.4, -0.2) is 83.2 Å². The molecule has 1 aliphatic heterocycles. The van der Waals surface area contributed by atoms with Crippen molar-refractivity contribution in [2.75, 3.05) is 33.9 Å². The number of aromatic hydroxyl groups is 1. The minimum atomic E-state index is -0.235. The molecule has 0 aliphatic carbocycles. The molecule has 0 spiro atoms. The lowest BCUT2D eigenvalue weighted by molar-refractivity contribution is -0.153. The van der Waals surface area contributed by atoms with Gasteiger partial charge in [0.2, 0.25) is 12.3 Å². The summed E-state index contributed by atoms with van der Waals surface area (Å²) in [6, 6.07) is 16.4. The minimum Gasteiger partial charge on any atom is -0.508 e. The molecule has 1 aliphatic rings. The van der Waals surface area contributed by atoms with Crippen LogP contribution in [0.4, 0.5) is 4.79 Å². The van der Waals surface area contributed by atoms with Crippen LogP contribution >= 0.6 is 0 Å². The number of hydrogen-bond donors (Lipinski definition) is 2. The summed E-state index contributed by atoms with van der Waals surface area (Å²) in [5.41, 5.74) is 3.25. The van der Waals surface area contributed by atoms with Gasteiger partial charge in [0, 0.05) is 33.2 Å². The van der Waals surface area contributed by atoms with Gasteiger partial charge in [-0.2, -0.15) is 0 Å². The topological polar surface area (TPSA) is 96.4 Å². The fraction of sp³-hybridized carbons (Fsp3) is 0.364. The van der Waals surface area contributed by atoms with Crippen LogP contribution in [0.25, 0.3) is 0 Å². The largest absolute Gasteiger partial charge is 0.508 e. The molecule has 2 aromatic carbocycles. The number of amides is 4. The van der Waals surface area contributed by atoms with E-state index in [1.165, 1.54) is 5.57 Å². The maximum Gasteiger partial charge on any atom is 0.333 e. The number of allylic oxidation sites excluding steroid dienone is 4. The number of phenolic OH excluding ortho intramolecular Hbond substituents is 1. The van der Waals surface area contributed by atoms with Crippen LogP contribution in [0.15, 0.2) is 91.6 Å². The summed E-state index contributed by atoms with van der Waals surface area (Å²) in [7, 11) is 3.53. The van der Waals surface area contributed by atoms with Crippen LogP contribution in [0.3, 0.4) is 0 Å². The second-order valence-electron chi connectivity index (χ2n) is 10.3. The van der Waals surface area contributed by atoms with Gasteiger partial charge in [0.15, 0.2) is 0 Å². The Kier molecular flexibility index (Phi) is 14.6. The van der Waals surface area contributed by atoms with Gasteiger partial charge >= 0.3 is 6.03 Å². The molecule has 3 rings (SSSR count). The van der Waals surface area contributed by atoms with Crippen molar-refractivity contribution in [2.24, 2.45) is 0 Å². The second kappa shape index (κ2) is 18.1. The standard InChI is InChI=1S/C21H26N4O3.C12H19NO/c1-16(12-17-8-10-19(26)11-9-17)24-15-25(23(2)14-20(24)27)21(28)22-13-18-6-4-3-5-7-18;1-4-8-12(5-2)9-6-7-10-13(3)11-14/h3-11,16,26H,12-15H2,1-2H3,(H,22,28);4-5,8,11H,1-2,6-7,9-10H2,3H3/b;12-8+. The van der Waals surface area contributed by atoms with Crippen molar-refractivity contribution in [3.8, 4) is 5.75 Å². The minimum absolute atomic E-state index is 0.0131. The fourth-order valence-electron chi connectivity index (χ4n) is 4.40. The Morgan fingerprint density at radius 2 is 1.79 bits per heavy atom. The van der Waals surface area contributed by atoms with Crippen LogP contribution < -0.4 is 5.32 Å². The second-order valence-corrected chi connectivity index (χ2v) is 10.3. The molecular formula is C33H45N5O4. The summed E-state index contributed by atoms with van der Waals surface area (Å²) in [6.45, 7) is 10.9. The predicted molar refractivity (Wildman–Crippen MR) is 167 cm³/mol. The molecule has 2 aromatic rings. The van der Waals surface area contributed by atoms with E-state index in [1.807, 2.05) is 61.5 Å². The number of unbranched alkanes of at least 4 members (excludes halogenated alkanes) is 1. The Morgan fingerprint density at radius 1 is 1.10 bits per heavy atom. The molecule has 42 heavy (non-hydrogen) atoms. The van der Waals surface area contributed by atoms with Crippen LogP contribution in [-0.2, 0) is 22.6 Å². The quantitative estimate of drug-likeness (QED) is 0.205. The van der Waals surface area contributed by atoms with E-state index < -0.39 is 0 Å². The van der Waals surface area contributed by atoms with Crippen molar-refractivity contribution >= 4 is 18.3 Å². The Bertz CT molecular complexity index is 1180. The van der Waals surface area contributed by atoms with E-state index in [-0.39, 0.29) is 36.9 Å². The highest BCUT2D eigenvalue weighted by molar-refractivity contribution is 5.82. The van der Waals surface area contributed by atoms with Crippen molar-refractivity contribution < 1.29 is 19.5 Å². The Hall–Kier alpha value is -4.37. The molecule has 1 fully saturated rings. The number of likely N-dealkylation sites (N-methyl/N-ethyl adjacent to an activating group) is 1. The van der Waals surface area contributed by atoms with Crippen LogP contribution in [0.5, 0.6) is 5.75 Å². The normalized spacial score (nSPS) is 14.4. The fourth-order valence-corrected chi connectivity index (χ4v) is 4.40. The van der Waals surface area contributed by atoms with Crippen molar-refractivity contribution in [1.29, 1.82) is 0 Å². The third kappa shape index (κ3) is 11.6. The first-order valence-electron chi connectivity index (χ1n) is 14.2. The van der Waals surface area contributed by atoms with Gasteiger partial charge in [-0.15, -0.1) is 0 Å². The lowest BCUT2D eigenvalue weighted by Crippen LogP contribution is -2.63. The molecule has 1 heterocycles. The Labute approximate surface area is 250 Å². The zero-order valence-corrected chi connectivity index (χ0v) is 25.1. The number of hydrogen-bond acceptors (Lipinski definition) is 5. The first-order valence-corrected chi connectivity index (χ1v) is 14.2. The number of phenols is 1. The molecule has 1 atom stereocenters. The van der Waals surface area contributed by atoms with E-state index in [2.05, 4.69) is 18.5 Å². The number of hydrazine groups is 1. The molecule has 0 bridgehead atoms. The molecule has 9 heteroatoms. The Balaban J connectivity index is 0.000000374. The highest BCUT2D eigenvalue weighted by Crippen LogP contribution is 2.17. The van der Waals surface area contributed by atoms with Crippen LogP contribution in [0.2, 0.25) is 0 Å². The van der Waals surface area contributed by atoms with Crippen molar-refractivity contribution in [3.05, 3.63) is 103 Å². The summed E-state index contributed by atoms with van der Waals surface area (Å²) in [5.74, 6) is 0.203. The number of nitrogens with zero attached hydrogens (tertiary/aromatic N) is 4. The van der Waals surface area contributed by atoms with Gasteiger partial charge in [0.05, 0.1) is 6.54 Å². The first-order chi connectivity index (χ1) is 20.2. The number of nitrogens with one attached hydrogen (secondary N) is 1. The molecule has 4 amide bonds. The molecule has 226 valence electrons. The first kappa shape index (κ1) is 33.8. The molecule has 0 aromatic heterocycles. The van der Waals surface area contributed by atoms with Gasteiger partial charge < -0.3 is 20.2 Å². The van der Waals surface area contributed by atoms with Gasteiger partial charge in [0.1, 0.15) is 12.4 Å². The molecule has 0 saturated carbocycles. The number of rotatable bonds is 13. The summed E-state index contributed by atoms with van der Waals surface area (Å²) in [6.07, 6.45) is 10.2. The predicted octanol–water partition coefficient (Wildman–Crippen LogP) is 4.72. The van der Waals surface area contributed by atoms with Crippen molar-refractivity contribution in [2.45, 2.75) is 45.2 Å². The SMILES string of the molecule is C=C/C=C(\C=C)CCCCN(C)C=O.CC(Cc1ccc(O)cc1)N1CN(C(=O)NCc2ccccc2)N(C)CC1=O. The third-order valence-electron chi connectivity index (χ3n) is 6.90. The molecule has 2 N–H and O–H groups in total. The van der Waals surface area contributed by atoms with E-state index in [4.69, 9.17) is 0 Å². The molecular weight excluding hydrogens is 530 g/mol. The zero-order chi connectivity index (χ0) is 30.9. The van der Waals surface area contributed by atoms with Gasteiger partial charge in [-0.1, -0.05) is 73.9 Å². The maximum atomic E-state index is 12.7. The number of benzene rings is 2. The highest BCUT2D eigenvalue weighted by atomic mass is 16.3. The summed E-state index contributed by atoms with van der Waals surface area (Å²) in [5, 5.41) is 15.5. The molecule has 1 unspecified atom stereocenters. The van der Waals surface area contributed by atoms with Crippen molar-refractivity contribution in [1.82, 2.24) is 25.1 Å². The van der Waals surface area contributed by atoms with Crippen molar-refractivity contribution in [3.63, 3.8) is 0 Å². The van der Waals surface area contributed by atoms with Gasteiger partial charge in [-0.05, 0) is 61.4 Å². The third-order valence-corrected chi connectivity index (χ3v) is 6.90. The molecule has 9 nitrogen and oxygen atoms in total. The Morgan fingerprint density at radius 3 is 2.40 bits per heavy atom. The summed E-state index contributed by atoms with van der Waals surface area (Å²) >= 11 is 0. The van der Waals surface area contributed by atoms with Crippen LogP contribution in [0.1, 0.15) is 37.3 Å². The summed E-state index contributed by atoms with van der Waals surface area (Å²) in [4.78, 5) is 38.8. The van der Waals surface area contributed by atoms with E-state index in [1.54, 1.807) is 52.1 Å². The lowest BCUT2D eigenvalue weighted by atomic mass is 10.1. The molecule has 0 radical (unpaired) electrons. The smallest absolute Gasteiger partial charge is 0.333 e.